The van der Waals surface area contributed by atoms with Gasteiger partial charge in [0.2, 0.25) is 0 Å². The molecule has 0 atom stereocenters. The third kappa shape index (κ3) is 3.40. The van der Waals surface area contributed by atoms with E-state index in [9.17, 15) is 9.18 Å². The molecule has 0 fully saturated rings. The zero-order chi connectivity index (χ0) is 16.4. The topological polar surface area (TPSA) is 46.9 Å². The van der Waals surface area contributed by atoms with E-state index >= 15 is 0 Å². The largest absolute Gasteiger partial charge is 0.306 e. The lowest BCUT2D eigenvalue weighted by Crippen LogP contribution is -2.15. The van der Waals surface area contributed by atoms with Gasteiger partial charge < -0.3 is 5.32 Å². The van der Waals surface area contributed by atoms with Crippen LogP contribution in [0.3, 0.4) is 0 Å². The minimum absolute atomic E-state index is 0.273. The van der Waals surface area contributed by atoms with Crippen molar-refractivity contribution >= 4 is 23.3 Å². The summed E-state index contributed by atoms with van der Waals surface area (Å²) in [5, 5.41) is 7.70. The lowest BCUT2D eigenvalue weighted by Gasteiger charge is -2.09. The van der Waals surface area contributed by atoms with Gasteiger partial charge in [0.15, 0.2) is 0 Å². The summed E-state index contributed by atoms with van der Waals surface area (Å²) >= 11 is 5.82. The van der Waals surface area contributed by atoms with Crippen molar-refractivity contribution in [3.63, 3.8) is 0 Å². The molecule has 3 rings (SSSR count). The fraction of sp³-hybridized carbons (Fsp3) is 0.0588. The molecule has 1 heterocycles. The van der Waals surface area contributed by atoms with Crippen molar-refractivity contribution in [2.75, 3.05) is 5.32 Å². The lowest BCUT2D eigenvalue weighted by molar-refractivity contribution is 0.102. The Labute approximate surface area is 137 Å². The van der Waals surface area contributed by atoms with Crippen LogP contribution in [-0.2, 0) is 0 Å². The zero-order valence-corrected chi connectivity index (χ0v) is 13.0. The molecule has 4 nitrogen and oxygen atoms in total. The highest BCUT2D eigenvalue weighted by Gasteiger charge is 2.12. The first-order valence-corrected chi connectivity index (χ1v) is 7.30. The van der Waals surface area contributed by atoms with Gasteiger partial charge in [0, 0.05) is 16.7 Å². The predicted octanol–water partition coefficient (Wildman–Crippen LogP) is 4.23. The van der Waals surface area contributed by atoms with Crippen molar-refractivity contribution in [3.8, 4) is 5.69 Å². The number of benzene rings is 2. The Bertz CT molecular complexity index is 841. The van der Waals surface area contributed by atoms with Gasteiger partial charge >= 0.3 is 0 Å². The molecule has 1 N–H and O–H groups in total. The van der Waals surface area contributed by atoms with Crippen LogP contribution in [0.1, 0.15) is 16.1 Å². The van der Waals surface area contributed by atoms with Gasteiger partial charge in [-0.1, -0.05) is 11.6 Å². The normalized spacial score (nSPS) is 10.6. The average molecular weight is 330 g/mol. The summed E-state index contributed by atoms with van der Waals surface area (Å²) in [6.45, 7) is 1.82. The number of nitrogens with one attached hydrogen (secondary N) is 1. The van der Waals surface area contributed by atoms with Crippen LogP contribution in [0.15, 0.2) is 54.6 Å². The molecule has 116 valence electrons. The van der Waals surface area contributed by atoms with Crippen LogP contribution in [0.4, 0.5) is 10.2 Å². The van der Waals surface area contributed by atoms with Crippen molar-refractivity contribution in [2.24, 2.45) is 0 Å². The lowest BCUT2D eigenvalue weighted by atomic mass is 10.2. The molecule has 2 aromatic carbocycles. The molecule has 0 saturated heterocycles. The van der Waals surface area contributed by atoms with E-state index in [1.807, 2.05) is 6.92 Å². The zero-order valence-electron chi connectivity index (χ0n) is 12.3. The molecule has 0 bridgehead atoms. The molecule has 6 heteroatoms. The van der Waals surface area contributed by atoms with E-state index in [2.05, 4.69) is 10.4 Å². The van der Waals surface area contributed by atoms with E-state index in [0.29, 0.717) is 22.1 Å². The Morgan fingerprint density at radius 1 is 1.13 bits per heavy atom. The van der Waals surface area contributed by atoms with Crippen LogP contribution in [0.5, 0.6) is 0 Å². The van der Waals surface area contributed by atoms with Gasteiger partial charge in [0.1, 0.15) is 11.6 Å². The van der Waals surface area contributed by atoms with Gasteiger partial charge in [0.05, 0.1) is 11.4 Å². The SMILES string of the molecule is Cc1cc(NC(=O)c2ccc(Cl)cc2)n(-c2ccc(F)cc2)n1. The van der Waals surface area contributed by atoms with Crippen molar-refractivity contribution in [1.82, 2.24) is 9.78 Å². The first kappa shape index (κ1) is 15.2. The number of hydrogen-bond acceptors (Lipinski definition) is 2. The fourth-order valence-corrected chi connectivity index (χ4v) is 2.28. The van der Waals surface area contributed by atoms with Crippen LogP contribution in [-0.4, -0.2) is 15.7 Å². The number of amides is 1. The molecular weight excluding hydrogens is 317 g/mol. The quantitative estimate of drug-likeness (QED) is 0.781. The highest BCUT2D eigenvalue weighted by molar-refractivity contribution is 6.30. The smallest absolute Gasteiger partial charge is 0.256 e. The van der Waals surface area contributed by atoms with E-state index in [-0.39, 0.29) is 11.7 Å². The van der Waals surface area contributed by atoms with Gasteiger partial charge in [-0.05, 0) is 55.5 Å². The summed E-state index contributed by atoms with van der Waals surface area (Å²) < 4.78 is 14.6. The first-order chi connectivity index (χ1) is 11.0. The second-order valence-corrected chi connectivity index (χ2v) is 5.46. The number of aryl methyl sites for hydroxylation is 1. The average Bonchev–Trinajstić information content (AvgIpc) is 2.89. The number of anilines is 1. The molecule has 1 amide bonds. The highest BCUT2D eigenvalue weighted by atomic mass is 35.5. The highest BCUT2D eigenvalue weighted by Crippen LogP contribution is 2.19. The minimum atomic E-state index is -0.329. The number of carbonyl (C=O) groups is 1. The van der Waals surface area contributed by atoms with Gasteiger partial charge in [-0.2, -0.15) is 5.10 Å². The third-order valence-electron chi connectivity index (χ3n) is 3.25. The van der Waals surface area contributed by atoms with Crippen molar-refractivity contribution in [2.45, 2.75) is 6.92 Å². The molecule has 0 radical (unpaired) electrons. The van der Waals surface area contributed by atoms with E-state index < -0.39 is 0 Å². The Kier molecular flexibility index (Phi) is 4.12. The van der Waals surface area contributed by atoms with Crippen LogP contribution < -0.4 is 5.32 Å². The summed E-state index contributed by atoms with van der Waals surface area (Å²) in [5.74, 6) is -0.0941. The molecule has 0 aliphatic carbocycles. The predicted molar refractivity (Wildman–Crippen MR) is 87.7 cm³/mol. The van der Waals surface area contributed by atoms with Crippen LogP contribution in [0.25, 0.3) is 5.69 Å². The molecule has 23 heavy (non-hydrogen) atoms. The number of hydrogen-bond donors (Lipinski definition) is 1. The Hall–Kier alpha value is -2.66. The van der Waals surface area contributed by atoms with Gasteiger partial charge in [-0.25, -0.2) is 9.07 Å². The summed E-state index contributed by atoms with van der Waals surface area (Å²) in [7, 11) is 0. The van der Waals surface area contributed by atoms with Crippen molar-refractivity contribution < 1.29 is 9.18 Å². The Balaban J connectivity index is 1.90. The Morgan fingerprint density at radius 2 is 1.78 bits per heavy atom. The second-order valence-electron chi connectivity index (χ2n) is 5.02. The summed E-state index contributed by atoms with van der Waals surface area (Å²) in [6, 6.07) is 14.2. The first-order valence-electron chi connectivity index (χ1n) is 6.92. The van der Waals surface area contributed by atoms with E-state index in [4.69, 9.17) is 11.6 Å². The van der Waals surface area contributed by atoms with Gasteiger partial charge in [-0.3, -0.25) is 4.79 Å². The number of halogens is 2. The van der Waals surface area contributed by atoms with Crippen LogP contribution >= 0.6 is 11.6 Å². The summed E-state index contributed by atoms with van der Waals surface area (Å²) in [6.07, 6.45) is 0. The van der Waals surface area contributed by atoms with E-state index in [0.717, 1.165) is 5.69 Å². The van der Waals surface area contributed by atoms with Gasteiger partial charge in [-0.15, -0.1) is 0 Å². The molecular formula is C17H13ClFN3O. The van der Waals surface area contributed by atoms with Gasteiger partial charge in [0.25, 0.3) is 5.91 Å². The molecule has 3 aromatic rings. The van der Waals surface area contributed by atoms with Crippen LogP contribution in [0.2, 0.25) is 5.02 Å². The molecule has 0 unspecified atom stereocenters. The number of nitrogens with zero attached hydrogens (tertiary/aromatic N) is 2. The monoisotopic (exact) mass is 329 g/mol. The van der Waals surface area contributed by atoms with Crippen molar-refractivity contribution in [1.29, 1.82) is 0 Å². The molecule has 1 aromatic heterocycles. The van der Waals surface area contributed by atoms with E-state index in [1.165, 1.54) is 12.1 Å². The molecule has 0 spiro atoms. The van der Waals surface area contributed by atoms with Crippen molar-refractivity contribution in [3.05, 3.63) is 76.7 Å². The molecule has 0 saturated carbocycles. The maximum absolute atomic E-state index is 13.1. The molecule has 0 aliphatic rings. The second kappa shape index (κ2) is 6.22. The number of aromatic nitrogens is 2. The number of carbonyl (C=O) groups excluding carboxylic acids is 1. The van der Waals surface area contributed by atoms with E-state index in [1.54, 1.807) is 47.1 Å². The third-order valence-corrected chi connectivity index (χ3v) is 3.50. The number of rotatable bonds is 3. The standard InChI is InChI=1S/C17H13ClFN3O/c1-11-10-16(20-17(23)12-2-4-13(18)5-3-12)22(21-11)15-8-6-14(19)7-9-15/h2-10H,1H3,(H,20,23). The molecule has 0 aliphatic heterocycles. The Morgan fingerprint density at radius 3 is 2.43 bits per heavy atom. The minimum Gasteiger partial charge on any atom is -0.306 e. The summed E-state index contributed by atoms with van der Waals surface area (Å²) in [4.78, 5) is 12.3. The maximum atomic E-state index is 13.1. The van der Waals surface area contributed by atoms with Crippen LogP contribution in [0, 0.1) is 12.7 Å². The fourth-order valence-electron chi connectivity index (χ4n) is 2.16. The summed E-state index contributed by atoms with van der Waals surface area (Å²) in [5.41, 5.74) is 1.88. The maximum Gasteiger partial charge on any atom is 0.256 e.